The lowest BCUT2D eigenvalue weighted by Gasteiger charge is -2.49. The van der Waals surface area contributed by atoms with Crippen molar-refractivity contribution in [2.24, 2.45) is 0 Å². The summed E-state index contributed by atoms with van der Waals surface area (Å²) in [6.07, 6.45) is 0.179. The Balaban J connectivity index is 1.54. The molecule has 2 aliphatic heterocycles. The maximum Gasteiger partial charge on any atom is 0.244 e. The van der Waals surface area contributed by atoms with E-state index in [4.69, 9.17) is 0 Å². The Bertz CT molecular complexity index is 1920. The van der Waals surface area contributed by atoms with Crippen molar-refractivity contribution in [3.8, 4) is 0 Å². The molecular formula is C35H36N2O5S2. The molecule has 0 aliphatic carbocycles. The zero-order valence-corrected chi connectivity index (χ0v) is 26.6. The van der Waals surface area contributed by atoms with Crippen LogP contribution in [0.15, 0.2) is 124 Å². The summed E-state index contributed by atoms with van der Waals surface area (Å²) in [6, 6.07) is 28.3. The van der Waals surface area contributed by atoms with Crippen LogP contribution in [0.3, 0.4) is 0 Å². The fourth-order valence-corrected chi connectivity index (χ4v) is 9.86. The van der Waals surface area contributed by atoms with Gasteiger partial charge in [0.05, 0.1) is 33.7 Å². The first-order chi connectivity index (χ1) is 21.0. The standard InChI is InChI=1S/C35H36N2O5S2/c1-24-13-17-28(18-14-24)43(39,40)36-23-31-34(21-33(36)30-12-8-7-9-26(30)3)37(44(41,42)29-19-15-25(2)16-20-29)32(22-35(31)38)27-10-5-4-6-11-27/h4-20,32-34,38H,21-23H2,1-3H3. The number of rotatable bonds is 6. The Hall–Kier alpha value is -3.76. The van der Waals surface area contributed by atoms with E-state index in [2.05, 4.69) is 0 Å². The second-order valence-electron chi connectivity index (χ2n) is 11.7. The van der Waals surface area contributed by atoms with Crippen LogP contribution in [0.4, 0.5) is 0 Å². The van der Waals surface area contributed by atoms with Crippen LogP contribution in [-0.4, -0.2) is 43.1 Å². The molecule has 2 aliphatic rings. The Morgan fingerprint density at radius 3 is 1.77 bits per heavy atom. The van der Waals surface area contributed by atoms with Crippen LogP contribution in [-0.2, 0) is 20.0 Å². The molecule has 0 aromatic heterocycles. The number of benzene rings is 4. The summed E-state index contributed by atoms with van der Waals surface area (Å²) in [5.41, 5.74) is 4.76. The molecule has 0 saturated carbocycles. The lowest BCUT2D eigenvalue weighted by molar-refractivity contribution is 0.144. The van der Waals surface area contributed by atoms with Gasteiger partial charge in [0, 0.05) is 18.5 Å². The highest BCUT2D eigenvalue weighted by Crippen LogP contribution is 2.48. The molecule has 6 rings (SSSR count). The number of aryl methyl sites for hydroxylation is 3. The van der Waals surface area contributed by atoms with E-state index in [1.807, 2.05) is 75.4 Å². The van der Waals surface area contributed by atoms with Crippen molar-refractivity contribution in [3.05, 3.63) is 142 Å². The van der Waals surface area contributed by atoms with Gasteiger partial charge >= 0.3 is 0 Å². The Labute approximate surface area is 260 Å². The van der Waals surface area contributed by atoms with E-state index in [9.17, 15) is 21.9 Å². The third-order valence-corrected chi connectivity index (χ3v) is 12.7. The number of hydrogen-bond donors (Lipinski definition) is 1. The molecule has 44 heavy (non-hydrogen) atoms. The van der Waals surface area contributed by atoms with E-state index >= 15 is 0 Å². The predicted molar refractivity (Wildman–Crippen MR) is 171 cm³/mol. The molecule has 0 amide bonds. The minimum Gasteiger partial charge on any atom is -0.512 e. The van der Waals surface area contributed by atoms with Gasteiger partial charge in [0.2, 0.25) is 20.0 Å². The highest BCUT2D eigenvalue weighted by Gasteiger charge is 2.50. The van der Waals surface area contributed by atoms with Crippen molar-refractivity contribution in [3.63, 3.8) is 0 Å². The molecule has 3 unspecified atom stereocenters. The average molecular weight is 629 g/mol. The van der Waals surface area contributed by atoms with Crippen molar-refractivity contribution in [2.45, 2.75) is 61.5 Å². The summed E-state index contributed by atoms with van der Waals surface area (Å²) in [4.78, 5) is 0.314. The molecular weight excluding hydrogens is 593 g/mol. The fourth-order valence-electron chi connectivity index (χ4n) is 6.47. The van der Waals surface area contributed by atoms with Gasteiger partial charge in [-0.25, -0.2) is 16.8 Å². The van der Waals surface area contributed by atoms with Gasteiger partial charge < -0.3 is 5.11 Å². The number of nitrogens with zero attached hydrogens (tertiary/aromatic N) is 2. The second kappa shape index (κ2) is 11.6. The van der Waals surface area contributed by atoms with E-state index in [0.717, 1.165) is 27.8 Å². The quantitative estimate of drug-likeness (QED) is 0.255. The van der Waals surface area contributed by atoms with E-state index in [1.165, 1.54) is 8.61 Å². The number of aliphatic hydroxyl groups excluding tert-OH is 1. The van der Waals surface area contributed by atoms with E-state index in [-0.39, 0.29) is 34.9 Å². The topological polar surface area (TPSA) is 95.0 Å². The van der Waals surface area contributed by atoms with Crippen molar-refractivity contribution in [1.82, 2.24) is 8.61 Å². The third-order valence-electron chi connectivity index (χ3n) is 8.85. The first-order valence-electron chi connectivity index (χ1n) is 14.7. The van der Waals surface area contributed by atoms with Crippen molar-refractivity contribution >= 4 is 20.0 Å². The Morgan fingerprint density at radius 1 is 0.636 bits per heavy atom. The normalized spacial score (nSPS) is 21.7. The maximum absolute atomic E-state index is 14.6. The lowest BCUT2D eigenvalue weighted by atomic mass is 9.83. The van der Waals surface area contributed by atoms with Gasteiger partial charge in [0.1, 0.15) is 0 Å². The smallest absolute Gasteiger partial charge is 0.244 e. The Morgan fingerprint density at radius 2 is 1.18 bits per heavy atom. The third kappa shape index (κ3) is 5.38. The summed E-state index contributed by atoms with van der Waals surface area (Å²) >= 11 is 0. The van der Waals surface area contributed by atoms with Crippen LogP contribution in [0.25, 0.3) is 0 Å². The Kier molecular flexibility index (Phi) is 8.00. The molecule has 3 atom stereocenters. The molecule has 0 spiro atoms. The summed E-state index contributed by atoms with van der Waals surface area (Å²) in [5.74, 6) is 0.0338. The molecule has 1 fully saturated rings. The number of aliphatic hydroxyl groups is 1. The first kappa shape index (κ1) is 30.3. The molecule has 0 radical (unpaired) electrons. The molecule has 9 heteroatoms. The molecule has 0 bridgehead atoms. The van der Waals surface area contributed by atoms with Crippen molar-refractivity contribution < 1.29 is 21.9 Å². The van der Waals surface area contributed by atoms with Gasteiger partial charge in [0.15, 0.2) is 0 Å². The molecule has 4 aromatic carbocycles. The number of fused-ring (bicyclic) bond motifs is 1. The van der Waals surface area contributed by atoms with Crippen LogP contribution in [0.5, 0.6) is 0 Å². The van der Waals surface area contributed by atoms with Gasteiger partial charge in [-0.1, -0.05) is 90.0 Å². The van der Waals surface area contributed by atoms with Gasteiger partial charge in [-0.3, -0.25) is 0 Å². The zero-order valence-electron chi connectivity index (χ0n) is 25.0. The number of piperidine rings is 1. The minimum absolute atomic E-state index is 0.0338. The van der Waals surface area contributed by atoms with E-state index < -0.39 is 38.2 Å². The zero-order chi connectivity index (χ0) is 31.2. The molecule has 2 heterocycles. The summed E-state index contributed by atoms with van der Waals surface area (Å²) < 4.78 is 60.7. The van der Waals surface area contributed by atoms with Gasteiger partial charge in [-0.2, -0.15) is 8.61 Å². The van der Waals surface area contributed by atoms with Crippen LogP contribution in [0.1, 0.15) is 52.7 Å². The SMILES string of the molecule is Cc1ccc(S(=O)(=O)N2CC3=C(O)CC(c4ccccc4)N(S(=O)(=O)c4ccc(C)cc4)C3CC2c2ccccc2C)cc1. The van der Waals surface area contributed by atoms with Crippen molar-refractivity contribution in [1.29, 1.82) is 0 Å². The van der Waals surface area contributed by atoms with Crippen molar-refractivity contribution in [2.75, 3.05) is 6.54 Å². The average Bonchev–Trinajstić information content (AvgIpc) is 3.01. The number of hydrogen-bond acceptors (Lipinski definition) is 5. The van der Waals surface area contributed by atoms with Crippen LogP contribution >= 0.6 is 0 Å². The van der Waals surface area contributed by atoms with E-state index in [0.29, 0.717) is 5.57 Å². The van der Waals surface area contributed by atoms with Gasteiger partial charge in [-0.15, -0.1) is 0 Å². The highest BCUT2D eigenvalue weighted by atomic mass is 32.2. The maximum atomic E-state index is 14.6. The van der Waals surface area contributed by atoms with Gasteiger partial charge in [0.25, 0.3) is 0 Å². The second-order valence-corrected chi connectivity index (χ2v) is 15.5. The summed E-state index contributed by atoms with van der Waals surface area (Å²) in [5, 5.41) is 11.6. The van der Waals surface area contributed by atoms with Crippen LogP contribution in [0, 0.1) is 20.8 Å². The largest absolute Gasteiger partial charge is 0.512 e. The fraction of sp³-hybridized carbons (Fsp3) is 0.257. The summed E-state index contributed by atoms with van der Waals surface area (Å²) in [6.45, 7) is 5.60. The predicted octanol–water partition coefficient (Wildman–Crippen LogP) is 6.76. The first-order valence-corrected chi connectivity index (χ1v) is 17.6. The molecule has 228 valence electrons. The molecule has 4 aromatic rings. The summed E-state index contributed by atoms with van der Waals surface area (Å²) in [7, 11) is -8.10. The number of sulfonamides is 2. The highest BCUT2D eigenvalue weighted by molar-refractivity contribution is 7.89. The molecule has 7 nitrogen and oxygen atoms in total. The van der Waals surface area contributed by atoms with Crippen LogP contribution < -0.4 is 0 Å². The van der Waals surface area contributed by atoms with E-state index in [1.54, 1.807) is 48.5 Å². The molecule has 1 N–H and O–H groups in total. The monoisotopic (exact) mass is 628 g/mol. The van der Waals surface area contributed by atoms with Gasteiger partial charge in [-0.05, 0) is 68.1 Å². The van der Waals surface area contributed by atoms with Crippen LogP contribution in [0.2, 0.25) is 0 Å². The lowest BCUT2D eigenvalue weighted by Crippen LogP contribution is -2.54. The minimum atomic E-state index is -4.08. The molecule has 1 saturated heterocycles.